The van der Waals surface area contributed by atoms with Crippen LogP contribution < -0.4 is 14.9 Å². The number of aromatic amines is 1. The van der Waals surface area contributed by atoms with Crippen molar-refractivity contribution in [3.05, 3.63) is 106 Å². The predicted molar refractivity (Wildman–Crippen MR) is 153 cm³/mol. The van der Waals surface area contributed by atoms with Crippen molar-refractivity contribution in [3.63, 3.8) is 0 Å². The number of esters is 1. The van der Waals surface area contributed by atoms with Gasteiger partial charge in [-0.1, -0.05) is 57.9 Å². The lowest BCUT2D eigenvalue weighted by Crippen LogP contribution is -2.18. The Hall–Kier alpha value is -4.34. The molecule has 2 heterocycles. The molecule has 2 aromatic heterocycles. The number of hydrogen-bond donors (Lipinski definition) is 2. The zero-order valence-corrected chi connectivity index (χ0v) is 22.9. The van der Waals surface area contributed by atoms with E-state index in [9.17, 15) is 9.59 Å². The van der Waals surface area contributed by atoms with Gasteiger partial charge in [-0.2, -0.15) is 5.10 Å². The van der Waals surface area contributed by atoms with Crippen LogP contribution in [0.25, 0.3) is 22.0 Å². The first-order chi connectivity index (χ1) is 18.9. The van der Waals surface area contributed by atoms with Crippen LogP contribution in [0.1, 0.15) is 33.5 Å². The van der Waals surface area contributed by atoms with Gasteiger partial charge in [0.05, 0.1) is 29.6 Å². The van der Waals surface area contributed by atoms with Gasteiger partial charge in [-0.3, -0.25) is 4.79 Å². The third-order valence-corrected chi connectivity index (χ3v) is 6.44. The van der Waals surface area contributed by atoms with Gasteiger partial charge >= 0.3 is 5.97 Å². The van der Waals surface area contributed by atoms with Gasteiger partial charge in [-0.15, -0.1) is 0 Å². The molecule has 5 aromatic rings. The quantitative estimate of drug-likeness (QED) is 0.0839. The maximum atomic E-state index is 13.3. The van der Waals surface area contributed by atoms with Gasteiger partial charge in [0.1, 0.15) is 5.69 Å². The second kappa shape index (κ2) is 11.6. The third-order valence-electron chi connectivity index (χ3n) is 5.69. The van der Waals surface area contributed by atoms with Gasteiger partial charge in [-0.25, -0.2) is 10.2 Å². The van der Waals surface area contributed by atoms with Gasteiger partial charge in [-0.05, 0) is 60.5 Å². The Morgan fingerprint density at radius 2 is 1.90 bits per heavy atom. The first-order valence-electron chi connectivity index (χ1n) is 11.9. The molecule has 0 atom stereocenters. The van der Waals surface area contributed by atoms with Crippen LogP contribution in [-0.4, -0.2) is 29.7 Å². The van der Waals surface area contributed by atoms with Crippen molar-refractivity contribution in [3.8, 4) is 22.6 Å². The SMILES string of the molecule is CCOc1cc(C=NNC(=O)c2[nH]c3c(Cl)cc(Br)cc3c2-c2ccccc2)ccc1OC(=O)c1ccco1. The van der Waals surface area contributed by atoms with Gasteiger partial charge in [0.15, 0.2) is 11.5 Å². The summed E-state index contributed by atoms with van der Waals surface area (Å²) in [6.07, 6.45) is 2.85. The molecule has 0 radical (unpaired) electrons. The van der Waals surface area contributed by atoms with Crippen molar-refractivity contribution in [2.45, 2.75) is 6.92 Å². The zero-order valence-electron chi connectivity index (χ0n) is 20.5. The molecular weight excluding hydrogens is 586 g/mol. The van der Waals surface area contributed by atoms with Crippen molar-refractivity contribution >= 4 is 56.5 Å². The average molecular weight is 607 g/mol. The lowest BCUT2D eigenvalue weighted by atomic mass is 10.0. The number of aromatic nitrogens is 1. The molecule has 196 valence electrons. The number of ether oxygens (including phenoxy) is 2. The van der Waals surface area contributed by atoms with E-state index in [-0.39, 0.29) is 11.5 Å². The van der Waals surface area contributed by atoms with E-state index in [4.69, 9.17) is 25.5 Å². The van der Waals surface area contributed by atoms with Crippen molar-refractivity contribution in [1.29, 1.82) is 0 Å². The molecule has 0 spiro atoms. The topological polar surface area (TPSA) is 106 Å². The van der Waals surface area contributed by atoms with E-state index in [0.717, 1.165) is 15.4 Å². The summed E-state index contributed by atoms with van der Waals surface area (Å²) in [4.78, 5) is 28.7. The van der Waals surface area contributed by atoms with Gasteiger partial charge < -0.3 is 18.9 Å². The molecule has 2 N–H and O–H groups in total. The van der Waals surface area contributed by atoms with Crippen LogP contribution >= 0.6 is 27.5 Å². The summed E-state index contributed by atoms with van der Waals surface area (Å²) in [7, 11) is 0. The highest BCUT2D eigenvalue weighted by molar-refractivity contribution is 9.10. The number of hydrazone groups is 1. The largest absolute Gasteiger partial charge is 0.490 e. The highest BCUT2D eigenvalue weighted by atomic mass is 79.9. The van der Waals surface area contributed by atoms with Crippen LogP contribution in [0, 0.1) is 0 Å². The molecule has 0 saturated carbocycles. The third kappa shape index (κ3) is 5.74. The molecule has 3 aromatic carbocycles. The minimum absolute atomic E-state index is 0.0753. The molecule has 0 unspecified atom stereocenters. The molecule has 10 heteroatoms. The smallest absolute Gasteiger partial charge is 0.379 e. The van der Waals surface area contributed by atoms with E-state index in [1.807, 2.05) is 43.3 Å². The van der Waals surface area contributed by atoms with Gasteiger partial charge in [0.2, 0.25) is 5.76 Å². The second-order valence-electron chi connectivity index (χ2n) is 8.26. The molecule has 0 fully saturated rings. The van der Waals surface area contributed by atoms with Crippen LogP contribution in [0.5, 0.6) is 11.5 Å². The Balaban J connectivity index is 1.39. The Bertz CT molecular complexity index is 1680. The maximum absolute atomic E-state index is 13.3. The highest BCUT2D eigenvalue weighted by Crippen LogP contribution is 2.37. The highest BCUT2D eigenvalue weighted by Gasteiger charge is 2.21. The number of carbonyl (C=O) groups excluding carboxylic acids is 2. The molecule has 5 rings (SSSR count). The number of amides is 1. The first-order valence-corrected chi connectivity index (χ1v) is 13.0. The Labute approximate surface area is 236 Å². The Kier molecular flexibility index (Phi) is 7.81. The number of benzene rings is 3. The fourth-order valence-corrected chi connectivity index (χ4v) is 4.87. The Morgan fingerprint density at radius 1 is 1.08 bits per heavy atom. The van der Waals surface area contributed by atoms with Crippen LogP contribution in [0.2, 0.25) is 5.02 Å². The number of hydrogen-bond acceptors (Lipinski definition) is 6. The predicted octanol–water partition coefficient (Wildman–Crippen LogP) is 7.23. The van der Waals surface area contributed by atoms with Crippen molar-refractivity contribution in [2.75, 3.05) is 6.61 Å². The van der Waals surface area contributed by atoms with Crippen LogP contribution in [-0.2, 0) is 0 Å². The normalized spacial score (nSPS) is 11.2. The molecule has 0 aliphatic carbocycles. The number of carbonyl (C=O) groups is 2. The van der Waals surface area contributed by atoms with Crippen LogP contribution in [0.3, 0.4) is 0 Å². The molecule has 0 saturated heterocycles. The minimum Gasteiger partial charge on any atom is -0.490 e. The van der Waals surface area contributed by atoms with Crippen LogP contribution in [0.4, 0.5) is 0 Å². The Morgan fingerprint density at radius 3 is 2.64 bits per heavy atom. The molecular formula is C29H21BrClN3O5. The number of fused-ring (bicyclic) bond motifs is 1. The summed E-state index contributed by atoms with van der Waals surface area (Å²) >= 11 is 9.95. The molecule has 8 nitrogen and oxygen atoms in total. The van der Waals surface area contributed by atoms with Crippen molar-refractivity contribution < 1.29 is 23.5 Å². The summed E-state index contributed by atoms with van der Waals surface area (Å²) in [6, 6.07) is 21.3. The van der Waals surface area contributed by atoms with E-state index in [1.54, 1.807) is 30.3 Å². The number of H-pyrrole nitrogens is 1. The first kappa shape index (κ1) is 26.3. The standard InChI is InChI=1S/C29H21BrClN3O5/c1-2-37-24-13-17(10-11-22(24)39-29(36)23-9-6-12-38-23)16-32-34-28(35)27-25(18-7-4-3-5-8-18)20-14-19(30)15-21(31)26(20)33-27/h3-16,33H,2H2,1H3,(H,34,35). The number of nitrogens with zero attached hydrogens (tertiary/aromatic N) is 1. The molecule has 0 aliphatic rings. The fourth-order valence-electron chi connectivity index (χ4n) is 4.02. The summed E-state index contributed by atoms with van der Waals surface area (Å²) in [6.45, 7) is 2.17. The minimum atomic E-state index is -0.644. The monoisotopic (exact) mass is 605 g/mol. The van der Waals surface area contributed by atoms with Crippen molar-refractivity contribution in [2.24, 2.45) is 5.10 Å². The van der Waals surface area contributed by atoms with E-state index in [1.165, 1.54) is 18.5 Å². The summed E-state index contributed by atoms with van der Waals surface area (Å²) in [5.74, 6) is -0.439. The summed E-state index contributed by atoms with van der Waals surface area (Å²) < 4.78 is 16.9. The number of halogens is 2. The lowest BCUT2D eigenvalue weighted by molar-refractivity contribution is 0.0695. The molecule has 39 heavy (non-hydrogen) atoms. The second-order valence-corrected chi connectivity index (χ2v) is 9.58. The number of nitrogens with one attached hydrogen (secondary N) is 2. The number of rotatable bonds is 8. The summed E-state index contributed by atoms with van der Waals surface area (Å²) in [5, 5.41) is 5.41. The zero-order chi connectivity index (χ0) is 27.4. The number of furan rings is 1. The van der Waals surface area contributed by atoms with E-state index < -0.39 is 11.9 Å². The van der Waals surface area contributed by atoms with E-state index in [0.29, 0.717) is 39.7 Å². The average Bonchev–Trinajstić information content (AvgIpc) is 3.60. The van der Waals surface area contributed by atoms with E-state index in [2.05, 4.69) is 31.4 Å². The fraction of sp³-hybridized carbons (Fsp3) is 0.0690. The van der Waals surface area contributed by atoms with Gasteiger partial charge in [0.25, 0.3) is 5.91 Å². The van der Waals surface area contributed by atoms with E-state index >= 15 is 0 Å². The van der Waals surface area contributed by atoms with Crippen molar-refractivity contribution in [1.82, 2.24) is 10.4 Å². The van der Waals surface area contributed by atoms with Gasteiger partial charge in [0, 0.05) is 15.4 Å². The lowest BCUT2D eigenvalue weighted by Gasteiger charge is -2.10. The van der Waals surface area contributed by atoms with Crippen LogP contribution in [0.15, 0.2) is 93.1 Å². The molecule has 0 aliphatic heterocycles. The molecule has 1 amide bonds. The maximum Gasteiger partial charge on any atom is 0.379 e. The molecule has 0 bridgehead atoms. The summed E-state index contributed by atoms with van der Waals surface area (Å²) in [5.41, 5.74) is 5.73.